The van der Waals surface area contributed by atoms with Crippen LogP contribution in [0.4, 0.5) is 0 Å². The van der Waals surface area contributed by atoms with E-state index >= 15 is 0 Å². The molecule has 0 radical (unpaired) electrons. The number of hydrogen-bond acceptors (Lipinski definition) is 4. The Labute approximate surface area is 160 Å². The van der Waals surface area contributed by atoms with E-state index in [1.807, 2.05) is 16.7 Å². The zero-order chi connectivity index (χ0) is 18.2. The van der Waals surface area contributed by atoms with Crippen LogP contribution < -0.4 is 0 Å². The molecule has 1 N–H and O–H groups in total. The number of hydrogen-bond donors (Lipinski definition) is 2. The first kappa shape index (κ1) is 18.0. The van der Waals surface area contributed by atoms with Crippen molar-refractivity contribution >= 4 is 53.0 Å². The molecule has 0 bridgehead atoms. The molecule has 130 valence electrons. The number of pyridine rings is 1. The van der Waals surface area contributed by atoms with Crippen LogP contribution in [0, 0.1) is 0 Å². The van der Waals surface area contributed by atoms with Crippen molar-refractivity contribution in [3.8, 4) is 0 Å². The highest BCUT2D eigenvalue weighted by Gasteiger charge is 2.39. The molecule has 2 heterocycles. The van der Waals surface area contributed by atoms with E-state index < -0.39 is 11.4 Å². The molecule has 0 saturated heterocycles. The number of benzene rings is 1. The Morgan fingerprint density at radius 1 is 1.20 bits per heavy atom. The Hall–Kier alpha value is -1.76. The summed E-state index contributed by atoms with van der Waals surface area (Å²) in [5.74, 6) is -0.518. The number of thiol groups is 1. The third kappa shape index (κ3) is 3.34. The molecule has 0 spiro atoms. The van der Waals surface area contributed by atoms with Crippen molar-refractivity contribution in [3.63, 3.8) is 0 Å². The van der Waals surface area contributed by atoms with E-state index in [9.17, 15) is 9.90 Å². The summed E-state index contributed by atoms with van der Waals surface area (Å²) in [4.78, 5) is 20.6. The van der Waals surface area contributed by atoms with Crippen molar-refractivity contribution in [1.29, 1.82) is 0 Å². The number of aliphatic carboxylic acids is 1. The maximum absolute atomic E-state index is 11.9. The summed E-state index contributed by atoms with van der Waals surface area (Å²) in [7, 11) is 0. The fraction of sp³-hybridized carbons (Fsp3) is 0.235. The Bertz CT molecular complexity index is 943. The van der Waals surface area contributed by atoms with E-state index in [4.69, 9.17) is 23.2 Å². The topological polar surface area (TPSA) is 68.0 Å². The number of rotatable bonds is 5. The molecule has 3 rings (SSSR count). The van der Waals surface area contributed by atoms with Crippen LogP contribution in [0.3, 0.4) is 0 Å². The third-order valence-electron chi connectivity index (χ3n) is 4.11. The normalized spacial score (nSPS) is 13.8. The Morgan fingerprint density at radius 2 is 1.88 bits per heavy atom. The minimum Gasteiger partial charge on any atom is -0.480 e. The minimum absolute atomic E-state index is 0.0972. The molecular weight excluding hydrogens is 381 g/mol. The number of halogens is 2. The smallest absolute Gasteiger partial charge is 0.317 e. The van der Waals surface area contributed by atoms with Gasteiger partial charge >= 0.3 is 5.97 Å². The van der Waals surface area contributed by atoms with Crippen molar-refractivity contribution in [1.82, 2.24) is 14.5 Å². The van der Waals surface area contributed by atoms with Gasteiger partial charge in [0.1, 0.15) is 16.4 Å². The van der Waals surface area contributed by atoms with E-state index in [1.165, 1.54) is 0 Å². The van der Waals surface area contributed by atoms with Crippen LogP contribution in [-0.2, 0) is 16.8 Å². The van der Waals surface area contributed by atoms with E-state index in [1.54, 1.807) is 31.2 Å². The molecule has 5 nitrogen and oxygen atoms in total. The van der Waals surface area contributed by atoms with Crippen molar-refractivity contribution in [3.05, 3.63) is 58.0 Å². The second-order valence-corrected chi connectivity index (χ2v) is 7.06. The molecular formula is C17H15Cl2N3O2S. The van der Waals surface area contributed by atoms with Crippen molar-refractivity contribution in [2.45, 2.75) is 18.9 Å². The van der Waals surface area contributed by atoms with Gasteiger partial charge in [-0.25, -0.2) is 9.97 Å². The van der Waals surface area contributed by atoms with Gasteiger partial charge in [0.05, 0.1) is 5.52 Å². The zero-order valence-electron chi connectivity index (χ0n) is 13.3. The fourth-order valence-corrected chi connectivity index (χ4v) is 3.12. The number of aromatic nitrogens is 3. The third-order valence-corrected chi connectivity index (χ3v) is 5.21. The van der Waals surface area contributed by atoms with Gasteiger partial charge in [0, 0.05) is 17.3 Å². The molecule has 0 aliphatic heterocycles. The minimum atomic E-state index is -1.26. The standard InChI is InChI=1S/C17H15Cl2N3O2S/c1-17(9-25,16(23)24)15-21-14-12(6-7-13(19)20-14)22(15)8-10-2-4-11(18)5-3-10/h2-7,25H,8-9H2,1H3,(H,23,24). The maximum Gasteiger partial charge on any atom is 0.317 e. The number of carboxylic acids is 1. The summed E-state index contributed by atoms with van der Waals surface area (Å²) in [6, 6.07) is 10.8. The summed E-state index contributed by atoms with van der Waals surface area (Å²) in [6.07, 6.45) is 0. The van der Waals surface area contributed by atoms with E-state index in [0.717, 1.165) is 5.56 Å². The first-order chi connectivity index (χ1) is 11.8. The van der Waals surface area contributed by atoms with Crippen LogP contribution >= 0.6 is 35.8 Å². The van der Waals surface area contributed by atoms with Crippen LogP contribution in [0.5, 0.6) is 0 Å². The first-order valence-corrected chi connectivity index (χ1v) is 8.86. The summed E-state index contributed by atoms with van der Waals surface area (Å²) in [5.41, 5.74) is 0.823. The molecule has 8 heteroatoms. The van der Waals surface area contributed by atoms with E-state index in [0.29, 0.717) is 33.7 Å². The SMILES string of the molecule is CC(CS)(C(=O)O)c1nc2nc(Cl)ccc2n1Cc1ccc(Cl)cc1. The average molecular weight is 396 g/mol. The molecule has 0 fully saturated rings. The van der Waals surface area contributed by atoms with Gasteiger partial charge < -0.3 is 9.67 Å². The van der Waals surface area contributed by atoms with Gasteiger partial charge in [0.2, 0.25) is 0 Å². The molecule has 3 aromatic rings. The molecule has 0 saturated carbocycles. The van der Waals surface area contributed by atoms with Gasteiger partial charge in [-0.05, 0) is 36.8 Å². The lowest BCUT2D eigenvalue weighted by atomic mass is 9.92. The maximum atomic E-state index is 11.9. The van der Waals surface area contributed by atoms with Gasteiger partial charge in [0.15, 0.2) is 5.65 Å². The lowest BCUT2D eigenvalue weighted by Crippen LogP contribution is -2.37. The van der Waals surface area contributed by atoms with Gasteiger partial charge in [-0.15, -0.1) is 0 Å². The zero-order valence-corrected chi connectivity index (χ0v) is 15.7. The first-order valence-electron chi connectivity index (χ1n) is 7.47. The summed E-state index contributed by atoms with van der Waals surface area (Å²) < 4.78 is 1.84. The highest BCUT2D eigenvalue weighted by molar-refractivity contribution is 7.80. The van der Waals surface area contributed by atoms with Crippen LogP contribution in [-0.4, -0.2) is 31.4 Å². The highest BCUT2D eigenvalue weighted by atomic mass is 35.5. The molecule has 1 unspecified atom stereocenters. The summed E-state index contributed by atoms with van der Waals surface area (Å²) >= 11 is 16.1. The number of imidazole rings is 1. The van der Waals surface area contributed by atoms with Crippen molar-refractivity contribution in [2.24, 2.45) is 0 Å². The van der Waals surface area contributed by atoms with Crippen LogP contribution in [0.15, 0.2) is 36.4 Å². The average Bonchev–Trinajstić information content (AvgIpc) is 2.94. The second-order valence-electron chi connectivity index (χ2n) is 5.92. The van der Waals surface area contributed by atoms with Crippen LogP contribution in [0.25, 0.3) is 11.2 Å². The van der Waals surface area contributed by atoms with Crippen molar-refractivity contribution < 1.29 is 9.90 Å². The molecule has 0 aliphatic carbocycles. The molecule has 0 amide bonds. The second kappa shape index (κ2) is 6.86. The van der Waals surface area contributed by atoms with E-state index in [2.05, 4.69) is 22.6 Å². The number of nitrogens with zero attached hydrogens (tertiary/aromatic N) is 3. The summed E-state index contributed by atoms with van der Waals surface area (Å²) in [6.45, 7) is 2.03. The molecule has 0 aliphatic rings. The number of fused-ring (bicyclic) bond motifs is 1. The van der Waals surface area contributed by atoms with Gasteiger partial charge in [-0.3, -0.25) is 4.79 Å². The highest BCUT2D eigenvalue weighted by Crippen LogP contribution is 2.30. The Kier molecular flexibility index (Phi) is 4.95. The van der Waals surface area contributed by atoms with E-state index in [-0.39, 0.29) is 5.75 Å². The van der Waals surface area contributed by atoms with Crippen molar-refractivity contribution in [2.75, 3.05) is 5.75 Å². The predicted molar refractivity (Wildman–Crippen MR) is 102 cm³/mol. The van der Waals surface area contributed by atoms with Crippen LogP contribution in [0.2, 0.25) is 10.2 Å². The molecule has 1 atom stereocenters. The lowest BCUT2D eigenvalue weighted by Gasteiger charge is -2.23. The van der Waals surface area contributed by atoms with Gasteiger partial charge in [-0.1, -0.05) is 35.3 Å². The Morgan fingerprint density at radius 3 is 2.48 bits per heavy atom. The molecule has 2 aromatic heterocycles. The predicted octanol–water partition coefficient (Wildman–Crippen LogP) is 4.06. The molecule has 1 aromatic carbocycles. The fourth-order valence-electron chi connectivity index (χ4n) is 2.57. The Balaban J connectivity index is 2.21. The summed E-state index contributed by atoms with van der Waals surface area (Å²) in [5, 5.41) is 10.7. The lowest BCUT2D eigenvalue weighted by molar-refractivity contribution is -0.142. The monoisotopic (exact) mass is 395 g/mol. The van der Waals surface area contributed by atoms with Gasteiger partial charge in [-0.2, -0.15) is 12.6 Å². The quantitative estimate of drug-likeness (QED) is 0.504. The van der Waals surface area contributed by atoms with Gasteiger partial charge in [0.25, 0.3) is 0 Å². The molecule has 25 heavy (non-hydrogen) atoms. The van der Waals surface area contributed by atoms with Crippen LogP contribution in [0.1, 0.15) is 18.3 Å². The number of carbonyl (C=O) groups is 1. The largest absolute Gasteiger partial charge is 0.480 e. The number of carboxylic acid groups (broad SMARTS) is 1.